The van der Waals surface area contributed by atoms with Crippen LogP contribution in [0.5, 0.6) is 0 Å². The van der Waals surface area contributed by atoms with Crippen molar-refractivity contribution in [3.8, 4) is 0 Å². The van der Waals surface area contributed by atoms with E-state index in [-0.39, 0.29) is 11.3 Å². The van der Waals surface area contributed by atoms with Crippen LogP contribution in [0.1, 0.15) is 52.4 Å². The molecule has 0 aromatic rings. The molecule has 3 N–H and O–H groups in total. The van der Waals surface area contributed by atoms with E-state index in [1.54, 1.807) is 0 Å². The van der Waals surface area contributed by atoms with Crippen LogP contribution in [-0.2, 0) is 4.79 Å². The van der Waals surface area contributed by atoms with Crippen molar-refractivity contribution in [1.82, 2.24) is 5.32 Å². The van der Waals surface area contributed by atoms with Gasteiger partial charge in [-0.05, 0) is 43.9 Å². The maximum Gasteiger partial charge on any atom is 0.227 e. The Morgan fingerprint density at radius 1 is 1.24 bits per heavy atom. The second kappa shape index (κ2) is 4.97. The molecule has 0 saturated heterocycles. The second-order valence-corrected chi connectivity index (χ2v) is 6.43. The Bertz CT molecular complexity index is 270. The number of nitrogens with one attached hydrogen (secondary N) is 1. The van der Waals surface area contributed by atoms with Gasteiger partial charge in [-0.25, -0.2) is 0 Å². The van der Waals surface area contributed by atoms with E-state index in [4.69, 9.17) is 5.73 Å². The lowest BCUT2D eigenvalue weighted by Gasteiger charge is -2.41. The molecule has 3 heteroatoms. The first-order valence-corrected chi connectivity index (χ1v) is 7.07. The first kappa shape index (κ1) is 12.9. The molecule has 2 saturated carbocycles. The molecule has 17 heavy (non-hydrogen) atoms. The number of nitrogens with two attached hydrogens (primary N) is 1. The summed E-state index contributed by atoms with van der Waals surface area (Å²) < 4.78 is 0. The van der Waals surface area contributed by atoms with Gasteiger partial charge in [0.15, 0.2) is 0 Å². The fourth-order valence-electron chi connectivity index (χ4n) is 3.53. The van der Waals surface area contributed by atoms with Gasteiger partial charge in [0.05, 0.1) is 5.41 Å². The lowest BCUT2D eigenvalue weighted by atomic mass is 9.67. The zero-order chi connectivity index (χ0) is 12.5. The average molecular weight is 238 g/mol. The second-order valence-electron chi connectivity index (χ2n) is 6.43. The molecule has 2 unspecified atom stereocenters. The number of hydrogen-bond donors (Lipinski definition) is 2. The van der Waals surface area contributed by atoms with E-state index >= 15 is 0 Å². The molecular weight excluding hydrogens is 212 g/mol. The first-order chi connectivity index (χ1) is 8.05. The molecule has 0 aromatic heterocycles. The number of carbonyl (C=O) groups excluding carboxylic acids is 1. The van der Waals surface area contributed by atoms with Crippen molar-refractivity contribution in [3.05, 3.63) is 0 Å². The van der Waals surface area contributed by atoms with E-state index in [9.17, 15) is 4.79 Å². The van der Waals surface area contributed by atoms with Gasteiger partial charge >= 0.3 is 0 Å². The van der Waals surface area contributed by atoms with Crippen molar-refractivity contribution in [2.24, 2.45) is 23.0 Å². The van der Waals surface area contributed by atoms with Crippen molar-refractivity contribution < 1.29 is 4.79 Å². The number of hydrogen-bond acceptors (Lipinski definition) is 2. The smallest absolute Gasteiger partial charge is 0.227 e. The molecule has 0 aromatic carbocycles. The maximum atomic E-state index is 12.3. The molecule has 0 bridgehead atoms. The molecule has 2 aliphatic carbocycles. The zero-order valence-corrected chi connectivity index (χ0v) is 11.2. The van der Waals surface area contributed by atoms with Crippen molar-refractivity contribution in [1.29, 1.82) is 0 Å². The number of carbonyl (C=O) groups is 1. The fourth-order valence-corrected chi connectivity index (χ4v) is 3.53. The molecule has 0 radical (unpaired) electrons. The fraction of sp³-hybridized carbons (Fsp3) is 0.929. The first-order valence-electron chi connectivity index (χ1n) is 7.07. The van der Waals surface area contributed by atoms with E-state index in [0.29, 0.717) is 12.6 Å². The van der Waals surface area contributed by atoms with Crippen molar-refractivity contribution in [3.63, 3.8) is 0 Å². The standard InChI is InChI=1S/C14H26N2O/c1-10-6-11(2)8-12(7-10)16-13(17)14(9-15)4-3-5-14/h10-12H,3-9,15H2,1-2H3,(H,16,17). The van der Waals surface area contributed by atoms with Crippen molar-refractivity contribution in [2.45, 2.75) is 58.4 Å². The quantitative estimate of drug-likeness (QED) is 0.790. The maximum absolute atomic E-state index is 12.3. The molecule has 3 nitrogen and oxygen atoms in total. The van der Waals surface area contributed by atoms with Gasteiger partial charge in [0, 0.05) is 12.6 Å². The highest BCUT2D eigenvalue weighted by atomic mass is 16.2. The van der Waals surface area contributed by atoms with Crippen LogP contribution < -0.4 is 11.1 Å². The van der Waals surface area contributed by atoms with Crippen LogP contribution in [0, 0.1) is 17.3 Å². The van der Waals surface area contributed by atoms with E-state index in [1.807, 2.05) is 0 Å². The monoisotopic (exact) mass is 238 g/mol. The van der Waals surface area contributed by atoms with Gasteiger partial charge in [0.25, 0.3) is 0 Å². The molecule has 2 aliphatic rings. The largest absolute Gasteiger partial charge is 0.353 e. The van der Waals surface area contributed by atoms with Crippen LogP contribution in [0.25, 0.3) is 0 Å². The normalized spacial score (nSPS) is 36.1. The van der Waals surface area contributed by atoms with Gasteiger partial charge in [0.1, 0.15) is 0 Å². The van der Waals surface area contributed by atoms with Crippen LogP contribution in [0.4, 0.5) is 0 Å². The molecule has 2 atom stereocenters. The molecule has 2 rings (SSSR count). The van der Waals surface area contributed by atoms with Crippen LogP contribution in [0.2, 0.25) is 0 Å². The predicted molar refractivity (Wildman–Crippen MR) is 69.4 cm³/mol. The highest BCUT2D eigenvalue weighted by molar-refractivity contribution is 5.84. The van der Waals surface area contributed by atoms with Gasteiger partial charge in [-0.2, -0.15) is 0 Å². The third-order valence-corrected chi connectivity index (χ3v) is 4.70. The van der Waals surface area contributed by atoms with Gasteiger partial charge < -0.3 is 11.1 Å². The van der Waals surface area contributed by atoms with Gasteiger partial charge in [0.2, 0.25) is 5.91 Å². The predicted octanol–water partition coefficient (Wildman–Crippen LogP) is 2.06. The van der Waals surface area contributed by atoms with E-state index in [1.165, 1.54) is 6.42 Å². The topological polar surface area (TPSA) is 55.1 Å². The minimum atomic E-state index is -0.218. The lowest BCUT2D eigenvalue weighted by molar-refractivity contribution is -0.136. The number of amides is 1. The molecule has 0 spiro atoms. The minimum Gasteiger partial charge on any atom is -0.353 e. The van der Waals surface area contributed by atoms with E-state index in [2.05, 4.69) is 19.2 Å². The van der Waals surface area contributed by atoms with Gasteiger partial charge in [-0.15, -0.1) is 0 Å². The summed E-state index contributed by atoms with van der Waals surface area (Å²) in [5.41, 5.74) is 5.55. The van der Waals surface area contributed by atoms with Crippen molar-refractivity contribution in [2.75, 3.05) is 6.54 Å². The van der Waals surface area contributed by atoms with Crippen LogP contribution in [-0.4, -0.2) is 18.5 Å². The molecule has 0 aliphatic heterocycles. The molecule has 98 valence electrons. The molecule has 0 heterocycles. The molecular formula is C14H26N2O. The summed E-state index contributed by atoms with van der Waals surface area (Å²) in [5.74, 6) is 1.69. The van der Waals surface area contributed by atoms with Crippen LogP contribution >= 0.6 is 0 Å². The molecule has 1 amide bonds. The van der Waals surface area contributed by atoms with E-state index in [0.717, 1.165) is 43.9 Å². The van der Waals surface area contributed by atoms with E-state index < -0.39 is 0 Å². The highest BCUT2D eigenvalue weighted by Crippen LogP contribution is 2.40. The summed E-state index contributed by atoms with van der Waals surface area (Å²) in [6.45, 7) is 5.09. The third kappa shape index (κ3) is 2.65. The molecule has 2 fully saturated rings. The van der Waals surface area contributed by atoms with Crippen LogP contribution in [0.15, 0.2) is 0 Å². The SMILES string of the molecule is CC1CC(C)CC(NC(=O)C2(CN)CCC2)C1. The van der Waals surface area contributed by atoms with Crippen LogP contribution in [0.3, 0.4) is 0 Å². The third-order valence-electron chi connectivity index (χ3n) is 4.70. The Balaban J connectivity index is 1.89. The summed E-state index contributed by atoms with van der Waals surface area (Å²) in [6, 6.07) is 0.380. The van der Waals surface area contributed by atoms with Gasteiger partial charge in [-0.1, -0.05) is 20.3 Å². The lowest BCUT2D eigenvalue weighted by Crippen LogP contribution is -2.53. The zero-order valence-electron chi connectivity index (χ0n) is 11.2. The summed E-state index contributed by atoms with van der Waals surface area (Å²) in [5, 5.41) is 3.25. The van der Waals surface area contributed by atoms with Gasteiger partial charge in [-0.3, -0.25) is 4.79 Å². The number of rotatable bonds is 3. The average Bonchev–Trinajstić information content (AvgIpc) is 2.14. The summed E-state index contributed by atoms with van der Waals surface area (Å²) in [7, 11) is 0. The highest BCUT2D eigenvalue weighted by Gasteiger charge is 2.43. The summed E-state index contributed by atoms with van der Waals surface area (Å²) in [6.07, 6.45) is 6.68. The minimum absolute atomic E-state index is 0.218. The Kier molecular flexibility index (Phi) is 3.76. The van der Waals surface area contributed by atoms with Crippen molar-refractivity contribution >= 4 is 5.91 Å². The Morgan fingerprint density at radius 3 is 2.24 bits per heavy atom. The summed E-state index contributed by atoms with van der Waals surface area (Å²) in [4.78, 5) is 12.3. The Hall–Kier alpha value is -0.570. The Labute approximate surface area is 105 Å². The summed E-state index contributed by atoms with van der Waals surface area (Å²) >= 11 is 0. The Morgan fingerprint density at radius 2 is 1.82 bits per heavy atom.